The Kier molecular flexibility index (Phi) is 8.60. The molecule has 2 aromatic rings. The van der Waals surface area contributed by atoms with Gasteiger partial charge in [-0.25, -0.2) is 0 Å². The van der Waals surface area contributed by atoms with Crippen LogP contribution >= 0.6 is 0 Å². The van der Waals surface area contributed by atoms with Gasteiger partial charge in [0.15, 0.2) is 0 Å². The Balaban J connectivity index is 1.87. The number of benzene rings is 2. The van der Waals surface area contributed by atoms with E-state index >= 15 is 0 Å². The highest BCUT2D eigenvalue weighted by Crippen LogP contribution is 2.41. The SMILES string of the molecule is CCC(O)(C=Cc1ccc(C(CC)(CC)c2ccc(OCC3=CCC(=O)O3)c(C)c2)cc1C)CC. The average molecular weight is 477 g/mol. The maximum absolute atomic E-state index is 11.3. The lowest BCUT2D eigenvalue weighted by Gasteiger charge is -2.34. The van der Waals surface area contributed by atoms with Gasteiger partial charge >= 0.3 is 5.97 Å². The van der Waals surface area contributed by atoms with Crippen molar-refractivity contribution in [2.24, 2.45) is 0 Å². The molecule has 1 aliphatic heterocycles. The normalized spacial score (nSPS) is 14.4. The lowest BCUT2D eigenvalue weighted by molar-refractivity contribution is -0.136. The van der Waals surface area contributed by atoms with E-state index < -0.39 is 5.60 Å². The minimum absolute atomic E-state index is 0.104. The molecule has 0 bridgehead atoms. The van der Waals surface area contributed by atoms with Crippen LogP contribution in [-0.2, 0) is 14.9 Å². The number of esters is 1. The van der Waals surface area contributed by atoms with Crippen molar-refractivity contribution in [3.63, 3.8) is 0 Å². The molecular formula is C31H40O4. The molecule has 0 fully saturated rings. The summed E-state index contributed by atoms with van der Waals surface area (Å²) >= 11 is 0. The molecule has 188 valence electrons. The van der Waals surface area contributed by atoms with E-state index in [1.165, 1.54) is 16.7 Å². The molecule has 0 aromatic heterocycles. The summed E-state index contributed by atoms with van der Waals surface area (Å²) in [5.74, 6) is 1.15. The fraction of sp³-hybridized carbons (Fsp3) is 0.452. The third-order valence-electron chi connectivity index (χ3n) is 7.67. The van der Waals surface area contributed by atoms with E-state index in [9.17, 15) is 9.90 Å². The lowest BCUT2D eigenvalue weighted by atomic mass is 9.70. The second-order valence-corrected chi connectivity index (χ2v) is 9.62. The third-order valence-corrected chi connectivity index (χ3v) is 7.67. The van der Waals surface area contributed by atoms with Crippen molar-refractivity contribution in [2.45, 2.75) is 84.7 Å². The largest absolute Gasteiger partial charge is 0.485 e. The van der Waals surface area contributed by atoms with E-state index in [0.29, 0.717) is 25.0 Å². The number of hydrogen-bond donors (Lipinski definition) is 1. The first-order valence-electron chi connectivity index (χ1n) is 12.9. The van der Waals surface area contributed by atoms with Crippen molar-refractivity contribution >= 4 is 12.0 Å². The fourth-order valence-electron chi connectivity index (χ4n) is 4.90. The minimum Gasteiger partial charge on any atom is -0.485 e. The first kappa shape index (κ1) is 26.7. The van der Waals surface area contributed by atoms with E-state index in [2.05, 4.69) is 64.1 Å². The van der Waals surface area contributed by atoms with Gasteiger partial charge in [0.05, 0.1) is 12.0 Å². The molecule has 1 heterocycles. The first-order valence-corrected chi connectivity index (χ1v) is 12.9. The molecule has 0 saturated heterocycles. The van der Waals surface area contributed by atoms with Crippen LogP contribution in [0, 0.1) is 13.8 Å². The summed E-state index contributed by atoms with van der Waals surface area (Å²) in [5, 5.41) is 10.6. The van der Waals surface area contributed by atoms with Gasteiger partial charge in [-0.05, 0) is 79.5 Å². The van der Waals surface area contributed by atoms with Crippen molar-refractivity contribution in [2.75, 3.05) is 6.61 Å². The maximum Gasteiger partial charge on any atom is 0.314 e. The summed E-state index contributed by atoms with van der Waals surface area (Å²) < 4.78 is 11.1. The quantitative estimate of drug-likeness (QED) is 0.349. The molecule has 4 nitrogen and oxygen atoms in total. The highest BCUT2D eigenvalue weighted by molar-refractivity contribution is 5.75. The molecule has 0 unspecified atom stereocenters. The van der Waals surface area contributed by atoms with Crippen molar-refractivity contribution in [3.05, 3.63) is 82.1 Å². The van der Waals surface area contributed by atoms with Crippen molar-refractivity contribution in [1.29, 1.82) is 0 Å². The van der Waals surface area contributed by atoms with Crippen LogP contribution in [0.3, 0.4) is 0 Å². The Hall–Kier alpha value is -2.85. The van der Waals surface area contributed by atoms with Gasteiger partial charge in [0.25, 0.3) is 0 Å². The van der Waals surface area contributed by atoms with E-state index in [1.54, 1.807) is 6.08 Å². The number of rotatable bonds is 11. The number of ether oxygens (including phenoxy) is 2. The third kappa shape index (κ3) is 5.87. The van der Waals surface area contributed by atoms with Gasteiger partial charge < -0.3 is 14.6 Å². The molecule has 1 aliphatic rings. The van der Waals surface area contributed by atoms with Crippen LogP contribution in [0.2, 0.25) is 0 Å². The van der Waals surface area contributed by atoms with E-state index in [0.717, 1.165) is 29.7 Å². The number of aliphatic hydroxyl groups is 1. The molecule has 3 rings (SSSR count). The van der Waals surface area contributed by atoms with Crippen molar-refractivity contribution in [1.82, 2.24) is 0 Å². The van der Waals surface area contributed by atoms with Gasteiger partial charge in [-0.1, -0.05) is 70.2 Å². The van der Waals surface area contributed by atoms with Gasteiger partial charge in [0, 0.05) is 5.41 Å². The zero-order valence-corrected chi connectivity index (χ0v) is 22.1. The highest BCUT2D eigenvalue weighted by Gasteiger charge is 2.31. The number of cyclic esters (lactones) is 1. The Morgan fingerprint density at radius 3 is 2.09 bits per heavy atom. The van der Waals surface area contributed by atoms with Crippen LogP contribution in [0.1, 0.15) is 87.6 Å². The minimum atomic E-state index is -0.751. The van der Waals surface area contributed by atoms with Crippen LogP contribution in [-0.4, -0.2) is 23.3 Å². The van der Waals surface area contributed by atoms with E-state index in [1.807, 2.05) is 26.0 Å². The summed E-state index contributed by atoms with van der Waals surface area (Å²) in [6, 6.07) is 13.1. The zero-order chi connectivity index (χ0) is 25.6. The van der Waals surface area contributed by atoms with Gasteiger partial charge in [-0.2, -0.15) is 0 Å². The summed E-state index contributed by atoms with van der Waals surface area (Å²) in [7, 11) is 0. The zero-order valence-electron chi connectivity index (χ0n) is 22.1. The van der Waals surface area contributed by atoms with Gasteiger partial charge in [-0.15, -0.1) is 0 Å². The Bertz CT molecular complexity index is 1100. The molecular weight excluding hydrogens is 436 g/mol. The van der Waals surface area contributed by atoms with Crippen LogP contribution in [0.25, 0.3) is 6.08 Å². The molecule has 0 atom stereocenters. The monoisotopic (exact) mass is 476 g/mol. The van der Waals surface area contributed by atoms with Gasteiger partial charge in [0.1, 0.15) is 18.1 Å². The first-order chi connectivity index (χ1) is 16.7. The maximum atomic E-state index is 11.3. The number of hydrogen-bond acceptors (Lipinski definition) is 4. The predicted octanol–water partition coefficient (Wildman–Crippen LogP) is 7.18. The summed E-state index contributed by atoms with van der Waals surface area (Å²) in [6.45, 7) is 13.0. The molecule has 1 N–H and O–H groups in total. The fourth-order valence-corrected chi connectivity index (χ4v) is 4.90. The topological polar surface area (TPSA) is 55.8 Å². The molecule has 0 spiro atoms. The lowest BCUT2D eigenvalue weighted by Crippen LogP contribution is -2.26. The van der Waals surface area contributed by atoms with Crippen LogP contribution in [0.15, 0.2) is 54.3 Å². The van der Waals surface area contributed by atoms with E-state index in [-0.39, 0.29) is 18.0 Å². The van der Waals surface area contributed by atoms with Crippen LogP contribution in [0.5, 0.6) is 5.75 Å². The van der Waals surface area contributed by atoms with Crippen LogP contribution in [0.4, 0.5) is 0 Å². The van der Waals surface area contributed by atoms with Crippen molar-refractivity contribution in [3.8, 4) is 5.75 Å². The van der Waals surface area contributed by atoms with Gasteiger partial charge in [0.2, 0.25) is 0 Å². The molecule has 0 amide bonds. The van der Waals surface area contributed by atoms with Crippen LogP contribution < -0.4 is 4.74 Å². The Labute approximate surface area is 210 Å². The number of carbonyl (C=O) groups is 1. The molecule has 0 aliphatic carbocycles. The molecule has 2 aromatic carbocycles. The van der Waals surface area contributed by atoms with Crippen molar-refractivity contribution < 1.29 is 19.4 Å². The summed E-state index contributed by atoms with van der Waals surface area (Å²) in [5.41, 5.74) is 5.12. The molecule has 4 heteroatoms. The van der Waals surface area contributed by atoms with Gasteiger partial charge in [-0.3, -0.25) is 4.79 Å². The average Bonchev–Trinajstić information content (AvgIpc) is 3.28. The molecule has 0 radical (unpaired) electrons. The predicted molar refractivity (Wildman–Crippen MR) is 143 cm³/mol. The summed E-state index contributed by atoms with van der Waals surface area (Å²) in [6.07, 6.45) is 9.45. The van der Waals surface area contributed by atoms with E-state index in [4.69, 9.17) is 9.47 Å². The second kappa shape index (κ2) is 11.3. The molecule has 35 heavy (non-hydrogen) atoms. The Morgan fingerprint density at radius 1 is 0.943 bits per heavy atom. The summed E-state index contributed by atoms with van der Waals surface area (Å²) in [4.78, 5) is 11.3. The highest BCUT2D eigenvalue weighted by atomic mass is 16.6. The second-order valence-electron chi connectivity index (χ2n) is 9.62. The smallest absolute Gasteiger partial charge is 0.314 e. The number of aryl methyl sites for hydroxylation is 2. The number of carbonyl (C=O) groups excluding carboxylic acids is 1. The Morgan fingerprint density at radius 2 is 1.57 bits per heavy atom. The standard InChI is InChI=1S/C31H40O4/c1-7-30(33,8-2)18-17-24-11-12-25(19-22(24)5)31(9-3,10-4)26-13-15-28(23(6)20-26)34-21-27-14-16-29(32)35-27/h11-15,17-20,33H,7-10,16,21H2,1-6H3. The molecule has 0 saturated carbocycles.